The maximum Gasteiger partial charge on any atom is 0.238 e. The third-order valence-electron chi connectivity index (χ3n) is 5.06. The Hall–Kier alpha value is -3.00. The Morgan fingerprint density at radius 1 is 1.14 bits per heavy atom. The molecule has 8 heteroatoms. The van der Waals surface area contributed by atoms with E-state index in [0.717, 1.165) is 55.5 Å². The van der Waals surface area contributed by atoms with Gasteiger partial charge in [0.1, 0.15) is 11.6 Å². The number of benzene rings is 1. The summed E-state index contributed by atoms with van der Waals surface area (Å²) < 4.78 is 3.91. The van der Waals surface area contributed by atoms with Crippen LogP contribution in [0.15, 0.2) is 36.5 Å². The number of rotatable bonds is 5. The van der Waals surface area contributed by atoms with Crippen LogP contribution >= 0.6 is 0 Å². The topological polar surface area (TPSA) is 80.9 Å². The summed E-state index contributed by atoms with van der Waals surface area (Å²) in [5, 5.41) is 16.0. The third kappa shape index (κ3) is 4.12. The molecule has 1 aliphatic rings. The predicted molar refractivity (Wildman–Crippen MR) is 106 cm³/mol. The van der Waals surface area contributed by atoms with Gasteiger partial charge in [-0.05, 0) is 12.5 Å². The van der Waals surface area contributed by atoms with Crippen molar-refractivity contribution in [2.45, 2.75) is 26.3 Å². The zero-order valence-electron chi connectivity index (χ0n) is 16.3. The molecule has 0 bridgehead atoms. The molecule has 2 aromatic heterocycles. The number of aromatic nitrogens is 5. The maximum absolute atomic E-state index is 12.4. The average molecular weight is 379 g/mol. The maximum atomic E-state index is 12.4. The molecule has 3 heterocycles. The summed E-state index contributed by atoms with van der Waals surface area (Å²) in [6, 6.07) is 10.3. The van der Waals surface area contributed by atoms with E-state index in [1.54, 1.807) is 4.68 Å². The fourth-order valence-electron chi connectivity index (χ4n) is 3.61. The standard InChI is InChI=1S/C20H25N7O/c1-15-17(13-25(2)24-15)21-20(28)14-26-9-8-18-22-23-19(27(18)11-10-26)12-16-6-4-3-5-7-16/h3-7,13H,8-12,14H2,1-2H3,(H,21,28). The lowest BCUT2D eigenvalue weighted by Crippen LogP contribution is -2.35. The van der Waals surface area contributed by atoms with Crippen molar-refractivity contribution < 1.29 is 4.79 Å². The molecule has 3 aromatic rings. The summed E-state index contributed by atoms with van der Waals surface area (Å²) in [4.78, 5) is 14.6. The lowest BCUT2D eigenvalue weighted by Gasteiger charge is -2.18. The van der Waals surface area contributed by atoms with E-state index in [-0.39, 0.29) is 5.91 Å². The van der Waals surface area contributed by atoms with E-state index in [1.807, 2.05) is 38.4 Å². The lowest BCUT2D eigenvalue weighted by atomic mass is 10.1. The highest BCUT2D eigenvalue weighted by molar-refractivity contribution is 5.92. The summed E-state index contributed by atoms with van der Waals surface area (Å²) in [5.41, 5.74) is 2.82. The zero-order valence-corrected chi connectivity index (χ0v) is 16.3. The largest absolute Gasteiger partial charge is 0.322 e. The van der Waals surface area contributed by atoms with E-state index in [0.29, 0.717) is 6.54 Å². The Morgan fingerprint density at radius 3 is 2.71 bits per heavy atom. The van der Waals surface area contributed by atoms with Crippen LogP contribution in [0.1, 0.15) is 22.9 Å². The van der Waals surface area contributed by atoms with Crippen molar-refractivity contribution in [3.8, 4) is 0 Å². The van der Waals surface area contributed by atoms with Gasteiger partial charge in [0, 0.05) is 45.7 Å². The number of nitrogens with zero attached hydrogens (tertiary/aromatic N) is 6. The molecule has 28 heavy (non-hydrogen) atoms. The minimum absolute atomic E-state index is 0.0155. The monoisotopic (exact) mass is 379 g/mol. The molecule has 0 radical (unpaired) electrons. The van der Waals surface area contributed by atoms with Crippen LogP contribution in [-0.2, 0) is 31.2 Å². The number of anilines is 1. The summed E-state index contributed by atoms with van der Waals surface area (Å²) in [6.07, 6.45) is 3.39. The number of hydrogen-bond acceptors (Lipinski definition) is 5. The number of aryl methyl sites for hydroxylation is 2. The Kier molecular flexibility index (Phi) is 5.21. The van der Waals surface area contributed by atoms with E-state index in [2.05, 4.69) is 42.2 Å². The molecule has 1 aliphatic heterocycles. The lowest BCUT2D eigenvalue weighted by molar-refractivity contribution is -0.117. The van der Waals surface area contributed by atoms with Crippen molar-refractivity contribution in [1.82, 2.24) is 29.4 Å². The van der Waals surface area contributed by atoms with Gasteiger partial charge in [-0.15, -0.1) is 10.2 Å². The van der Waals surface area contributed by atoms with E-state index in [4.69, 9.17) is 0 Å². The molecule has 8 nitrogen and oxygen atoms in total. The van der Waals surface area contributed by atoms with Crippen LogP contribution in [0.2, 0.25) is 0 Å². The second kappa shape index (κ2) is 7.93. The fraction of sp³-hybridized carbons (Fsp3) is 0.400. The molecular formula is C20H25N7O. The molecule has 0 fully saturated rings. The van der Waals surface area contributed by atoms with E-state index < -0.39 is 0 Å². The number of carbonyl (C=O) groups excluding carboxylic acids is 1. The summed E-state index contributed by atoms with van der Waals surface area (Å²) in [6.45, 7) is 4.64. The number of fused-ring (bicyclic) bond motifs is 1. The first-order valence-electron chi connectivity index (χ1n) is 9.56. The third-order valence-corrected chi connectivity index (χ3v) is 5.06. The first-order chi connectivity index (χ1) is 13.6. The molecule has 1 amide bonds. The molecule has 4 rings (SSSR count). The smallest absolute Gasteiger partial charge is 0.238 e. The average Bonchev–Trinajstić information content (AvgIpc) is 3.12. The number of nitrogens with one attached hydrogen (secondary N) is 1. The van der Waals surface area contributed by atoms with E-state index >= 15 is 0 Å². The van der Waals surface area contributed by atoms with Gasteiger partial charge in [0.25, 0.3) is 0 Å². The quantitative estimate of drug-likeness (QED) is 0.725. The molecule has 0 aliphatic carbocycles. The van der Waals surface area contributed by atoms with E-state index in [9.17, 15) is 4.79 Å². The fourth-order valence-corrected chi connectivity index (χ4v) is 3.61. The van der Waals surface area contributed by atoms with Crippen molar-refractivity contribution in [2.24, 2.45) is 7.05 Å². The zero-order chi connectivity index (χ0) is 19.5. The van der Waals surface area contributed by atoms with Gasteiger partial charge in [0.2, 0.25) is 5.91 Å². The Bertz CT molecular complexity index is 960. The minimum Gasteiger partial charge on any atom is -0.322 e. The van der Waals surface area contributed by atoms with Crippen molar-refractivity contribution in [2.75, 3.05) is 25.0 Å². The van der Waals surface area contributed by atoms with Crippen molar-refractivity contribution in [3.63, 3.8) is 0 Å². The van der Waals surface area contributed by atoms with Crippen LogP contribution in [0.5, 0.6) is 0 Å². The minimum atomic E-state index is -0.0155. The highest BCUT2D eigenvalue weighted by Crippen LogP contribution is 2.14. The second-order valence-electron chi connectivity index (χ2n) is 7.22. The highest BCUT2D eigenvalue weighted by Gasteiger charge is 2.20. The van der Waals surface area contributed by atoms with Crippen molar-refractivity contribution in [1.29, 1.82) is 0 Å². The first-order valence-corrected chi connectivity index (χ1v) is 9.56. The SMILES string of the molecule is Cc1nn(C)cc1NC(=O)CN1CCc2nnc(Cc3ccccc3)n2CC1. The Labute approximate surface area is 164 Å². The first kappa shape index (κ1) is 18.4. The number of amides is 1. The van der Waals surface area contributed by atoms with Gasteiger partial charge < -0.3 is 9.88 Å². The normalized spacial score (nSPS) is 14.5. The predicted octanol–water partition coefficient (Wildman–Crippen LogP) is 1.41. The molecule has 0 saturated carbocycles. The van der Waals surface area contributed by atoms with Crippen LogP contribution < -0.4 is 5.32 Å². The van der Waals surface area contributed by atoms with Crippen LogP contribution in [0.4, 0.5) is 5.69 Å². The van der Waals surface area contributed by atoms with Gasteiger partial charge in [-0.3, -0.25) is 14.4 Å². The summed E-state index contributed by atoms with van der Waals surface area (Å²) >= 11 is 0. The van der Waals surface area contributed by atoms with Gasteiger partial charge in [0.05, 0.1) is 17.9 Å². The molecule has 0 saturated heterocycles. The number of hydrogen-bond donors (Lipinski definition) is 1. The van der Waals surface area contributed by atoms with Gasteiger partial charge >= 0.3 is 0 Å². The molecule has 1 aromatic carbocycles. The van der Waals surface area contributed by atoms with E-state index in [1.165, 1.54) is 5.56 Å². The second-order valence-corrected chi connectivity index (χ2v) is 7.22. The van der Waals surface area contributed by atoms with Gasteiger partial charge in [-0.1, -0.05) is 30.3 Å². The van der Waals surface area contributed by atoms with Gasteiger partial charge in [0.15, 0.2) is 0 Å². The number of carbonyl (C=O) groups is 1. The Balaban J connectivity index is 1.37. The highest BCUT2D eigenvalue weighted by atomic mass is 16.2. The summed E-state index contributed by atoms with van der Waals surface area (Å²) in [5.74, 6) is 1.97. The molecule has 0 atom stereocenters. The van der Waals surface area contributed by atoms with Crippen molar-refractivity contribution in [3.05, 3.63) is 59.4 Å². The summed E-state index contributed by atoms with van der Waals surface area (Å²) in [7, 11) is 1.85. The van der Waals surface area contributed by atoms with Crippen LogP contribution in [-0.4, -0.2) is 55.0 Å². The van der Waals surface area contributed by atoms with Gasteiger partial charge in [-0.2, -0.15) is 5.10 Å². The molecule has 1 N–H and O–H groups in total. The van der Waals surface area contributed by atoms with Crippen LogP contribution in [0.3, 0.4) is 0 Å². The van der Waals surface area contributed by atoms with Crippen molar-refractivity contribution >= 4 is 11.6 Å². The molecule has 0 spiro atoms. The Morgan fingerprint density at radius 2 is 1.96 bits per heavy atom. The molecular weight excluding hydrogens is 354 g/mol. The van der Waals surface area contributed by atoms with Crippen LogP contribution in [0.25, 0.3) is 0 Å². The van der Waals surface area contributed by atoms with Crippen LogP contribution in [0, 0.1) is 6.92 Å². The molecule has 146 valence electrons. The molecule has 0 unspecified atom stereocenters. The van der Waals surface area contributed by atoms with Gasteiger partial charge in [-0.25, -0.2) is 0 Å².